The van der Waals surface area contributed by atoms with Crippen molar-refractivity contribution >= 4 is 17.7 Å². The monoisotopic (exact) mass is 299 g/mol. The maximum absolute atomic E-state index is 10.9. The molecule has 0 atom stereocenters. The van der Waals surface area contributed by atoms with Crippen LogP contribution in [0.1, 0.15) is 0 Å². The molecule has 1 spiro atoms. The molecule has 4 rings (SSSR count). The Morgan fingerprint density at radius 3 is 1.21 bits per heavy atom. The van der Waals surface area contributed by atoms with E-state index in [1.54, 1.807) is 48.5 Å². The summed E-state index contributed by atoms with van der Waals surface area (Å²) in [6.07, 6.45) is -5.79. The van der Waals surface area contributed by atoms with Crippen molar-refractivity contribution in [3.63, 3.8) is 0 Å². The number of halogens is 1. The molecule has 0 bridgehead atoms. The van der Waals surface area contributed by atoms with Crippen LogP contribution >= 0.6 is 17.7 Å². The summed E-state index contributed by atoms with van der Waals surface area (Å²) in [6, 6.07) is 13.3. The Hall–Kier alpha value is -1.68. The van der Waals surface area contributed by atoms with E-state index in [2.05, 4.69) is 0 Å². The van der Waals surface area contributed by atoms with Crippen molar-refractivity contribution in [3.8, 4) is 23.0 Å². The van der Waals surface area contributed by atoms with E-state index in [-0.39, 0.29) is 23.0 Å². The molecule has 2 aliphatic rings. The third-order valence-electron chi connectivity index (χ3n) is 2.84. The first-order valence-electron chi connectivity index (χ1n) is 5.57. The molecule has 7 heteroatoms. The Kier molecular flexibility index (Phi) is 1.62. The van der Waals surface area contributed by atoms with E-state index in [1.807, 2.05) is 0 Å². The van der Waals surface area contributed by atoms with E-state index >= 15 is 0 Å². The van der Waals surface area contributed by atoms with Gasteiger partial charge in [0, 0.05) is 0 Å². The molecule has 19 heavy (non-hydrogen) atoms. The quantitative estimate of drug-likeness (QED) is 0.751. The zero-order valence-corrected chi connectivity index (χ0v) is 11.2. The predicted molar refractivity (Wildman–Crippen MR) is 70.4 cm³/mol. The molecule has 2 aromatic carbocycles. The molecule has 0 saturated carbocycles. The molecule has 0 aromatic heterocycles. The van der Waals surface area contributed by atoms with Crippen LogP contribution in [0.15, 0.2) is 48.5 Å². The SMILES string of the molecule is O[P-]12(Cl)(Oc3ccccc3O1)Oc1ccccc1O2. The summed E-state index contributed by atoms with van der Waals surface area (Å²) in [6.45, 7) is 0. The first-order valence-corrected chi connectivity index (χ1v) is 8.78. The predicted octanol–water partition coefficient (Wildman–Crippen LogP) is 3.74. The Morgan fingerprint density at radius 2 is 0.947 bits per heavy atom. The molecule has 0 fully saturated rings. The molecule has 0 radical (unpaired) electrons. The minimum absolute atomic E-state index is 0.267. The average molecular weight is 300 g/mol. The topological polar surface area (TPSA) is 57.2 Å². The van der Waals surface area contributed by atoms with Crippen molar-refractivity contribution in [2.75, 3.05) is 0 Å². The third kappa shape index (κ3) is 1.43. The molecular formula is C12H9ClO5P-. The Bertz CT molecular complexity index is 607. The third-order valence-corrected chi connectivity index (χ3v) is 5.95. The molecule has 5 nitrogen and oxygen atoms in total. The van der Waals surface area contributed by atoms with Crippen molar-refractivity contribution in [2.45, 2.75) is 0 Å². The zero-order chi connectivity index (χ0) is 13.2. The molecular weight excluding hydrogens is 291 g/mol. The summed E-state index contributed by atoms with van der Waals surface area (Å²) in [5, 5.41) is 0. The summed E-state index contributed by atoms with van der Waals surface area (Å²) in [4.78, 5) is 10.9. The number of para-hydroxylation sites is 4. The first-order chi connectivity index (χ1) is 8.90. The average Bonchev–Trinajstić information content (AvgIpc) is 2.75. The van der Waals surface area contributed by atoms with Gasteiger partial charge < -0.3 is 0 Å². The van der Waals surface area contributed by atoms with Gasteiger partial charge in [0.25, 0.3) is 0 Å². The number of benzene rings is 2. The summed E-state index contributed by atoms with van der Waals surface area (Å²) in [5.74, 6) is 1.07. The second kappa shape index (κ2) is 2.75. The van der Waals surface area contributed by atoms with E-state index in [1.165, 1.54) is 0 Å². The van der Waals surface area contributed by atoms with Crippen LogP contribution in [0, 0.1) is 0 Å². The fourth-order valence-corrected chi connectivity index (χ4v) is 5.45. The summed E-state index contributed by atoms with van der Waals surface area (Å²) in [7, 11) is 0. The van der Waals surface area contributed by atoms with Gasteiger partial charge in [-0.1, -0.05) is 0 Å². The van der Waals surface area contributed by atoms with E-state index in [0.29, 0.717) is 0 Å². The van der Waals surface area contributed by atoms with Gasteiger partial charge in [-0.3, -0.25) is 0 Å². The van der Waals surface area contributed by atoms with Crippen LogP contribution < -0.4 is 18.1 Å². The van der Waals surface area contributed by atoms with E-state index < -0.39 is 6.43 Å². The van der Waals surface area contributed by atoms with Crippen LogP contribution in [0.5, 0.6) is 23.0 Å². The van der Waals surface area contributed by atoms with Gasteiger partial charge in [-0.2, -0.15) is 0 Å². The molecule has 0 aliphatic carbocycles. The van der Waals surface area contributed by atoms with Crippen molar-refractivity contribution in [1.29, 1.82) is 0 Å². The minimum atomic E-state index is -5.79. The Morgan fingerprint density at radius 1 is 0.684 bits per heavy atom. The van der Waals surface area contributed by atoms with Gasteiger partial charge in [-0.25, -0.2) is 0 Å². The molecule has 1 N–H and O–H groups in total. The number of hydrogen-bond donors (Lipinski definition) is 1. The molecule has 0 saturated heterocycles. The fraction of sp³-hybridized carbons (Fsp3) is 0. The van der Waals surface area contributed by atoms with E-state index in [4.69, 9.17) is 29.3 Å². The zero-order valence-electron chi connectivity index (χ0n) is 9.52. The van der Waals surface area contributed by atoms with E-state index in [0.717, 1.165) is 0 Å². The van der Waals surface area contributed by atoms with Crippen LogP contribution in [-0.4, -0.2) is 4.89 Å². The summed E-state index contributed by atoms with van der Waals surface area (Å²) < 4.78 is 21.6. The van der Waals surface area contributed by atoms with Gasteiger partial charge in [-0.15, -0.1) is 0 Å². The molecule has 2 heterocycles. The van der Waals surface area contributed by atoms with Crippen molar-refractivity contribution in [3.05, 3.63) is 48.5 Å². The van der Waals surface area contributed by atoms with Crippen molar-refractivity contribution < 1.29 is 23.0 Å². The van der Waals surface area contributed by atoms with Crippen LogP contribution in [0.2, 0.25) is 0 Å². The normalized spacial score (nSPS) is 26.0. The summed E-state index contributed by atoms with van der Waals surface area (Å²) in [5.41, 5.74) is 0. The van der Waals surface area contributed by atoms with Gasteiger partial charge in [0.05, 0.1) is 0 Å². The maximum atomic E-state index is 10.9. The van der Waals surface area contributed by atoms with E-state index in [9.17, 15) is 4.89 Å². The number of hydrogen-bond acceptors (Lipinski definition) is 5. The van der Waals surface area contributed by atoms with Gasteiger partial charge in [0.15, 0.2) is 0 Å². The van der Waals surface area contributed by atoms with Gasteiger partial charge in [0.2, 0.25) is 0 Å². The second-order valence-electron chi connectivity index (χ2n) is 4.38. The van der Waals surface area contributed by atoms with Crippen molar-refractivity contribution in [1.82, 2.24) is 0 Å². The fourth-order valence-electron chi connectivity index (χ4n) is 2.12. The Balaban J connectivity index is 1.89. The first kappa shape index (κ1) is 11.2. The summed E-state index contributed by atoms with van der Waals surface area (Å²) >= 11 is 6.25. The van der Waals surface area contributed by atoms with Crippen LogP contribution in [-0.2, 0) is 0 Å². The standard InChI is InChI=1S/C12H9ClO5P/c13-19(14,15-9-5-1-2-6-10(9)16-19)17-11-7-3-4-8-12(11)18-19/h1-8,14H/q-1. The molecule has 0 amide bonds. The second-order valence-corrected chi connectivity index (χ2v) is 9.47. The van der Waals surface area contributed by atoms with Crippen LogP contribution in [0.3, 0.4) is 0 Å². The number of rotatable bonds is 0. The van der Waals surface area contributed by atoms with Crippen LogP contribution in [0.25, 0.3) is 0 Å². The molecule has 100 valence electrons. The number of fused-ring (bicyclic) bond motifs is 2. The van der Waals surface area contributed by atoms with Crippen LogP contribution in [0.4, 0.5) is 0 Å². The van der Waals surface area contributed by atoms with Gasteiger partial charge in [0.1, 0.15) is 0 Å². The van der Waals surface area contributed by atoms with Gasteiger partial charge >= 0.3 is 112 Å². The molecule has 0 unspecified atom stereocenters. The Labute approximate surface area is 113 Å². The van der Waals surface area contributed by atoms with Crippen molar-refractivity contribution in [2.24, 2.45) is 0 Å². The molecule has 2 aromatic rings. The molecule has 2 aliphatic heterocycles. The van der Waals surface area contributed by atoms with Gasteiger partial charge in [-0.05, 0) is 0 Å².